The number of fused-ring (bicyclic) bond motifs is 5. The Kier molecular flexibility index (Phi) is 7.73. The van der Waals surface area contributed by atoms with Crippen LogP contribution in [0.15, 0.2) is 127 Å². The third-order valence-corrected chi connectivity index (χ3v) is 11.5. The number of aromatic nitrogens is 3. The van der Waals surface area contributed by atoms with E-state index >= 15 is 0 Å². The minimum absolute atomic E-state index is 0.282. The number of hydrogen-bond donors (Lipinski definition) is 0. The van der Waals surface area contributed by atoms with Crippen LogP contribution in [0.25, 0.3) is 66.8 Å². The standard InChI is InChI=1S/C47H40N4/c1-30-22-33-23-31(2)27-47(26-30,28-33)39-19-16-36(17-20-39)45-49-44(35-8-4-3-5-9-35)50-46(51-45)38-11-6-10-37(25-38)40-12-7-13-41-42(40)21-18-34-15-14-32(29-48)24-43(34)41/h3-21,24-25,30-31,33H,22-23,26-28H2,1-2H3/t30-,31+,33?,47?. The molecule has 1 heterocycles. The molecule has 4 atom stereocenters. The molecule has 2 bridgehead atoms. The van der Waals surface area contributed by atoms with Crippen molar-refractivity contribution in [3.05, 3.63) is 139 Å². The normalized spacial score (nSPS) is 21.4. The van der Waals surface area contributed by atoms with Crippen LogP contribution in [0.5, 0.6) is 0 Å². The van der Waals surface area contributed by atoms with Crippen LogP contribution in [0.3, 0.4) is 0 Å². The fourth-order valence-electron chi connectivity index (χ4n) is 9.62. The van der Waals surface area contributed by atoms with Gasteiger partial charge < -0.3 is 0 Å². The third kappa shape index (κ3) is 5.77. The molecule has 6 aromatic carbocycles. The van der Waals surface area contributed by atoms with E-state index in [2.05, 4.69) is 111 Å². The van der Waals surface area contributed by atoms with Crippen molar-refractivity contribution in [1.29, 1.82) is 5.26 Å². The van der Waals surface area contributed by atoms with Gasteiger partial charge in [-0.25, -0.2) is 15.0 Å². The predicted octanol–water partition coefficient (Wildman–Crippen LogP) is 11.8. The van der Waals surface area contributed by atoms with Crippen LogP contribution in [0, 0.1) is 29.1 Å². The zero-order valence-electron chi connectivity index (χ0n) is 29.2. The topological polar surface area (TPSA) is 62.5 Å². The van der Waals surface area contributed by atoms with Gasteiger partial charge in [-0.2, -0.15) is 5.26 Å². The van der Waals surface area contributed by atoms with E-state index < -0.39 is 0 Å². The highest BCUT2D eigenvalue weighted by atomic mass is 15.0. The zero-order valence-corrected chi connectivity index (χ0v) is 29.2. The van der Waals surface area contributed by atoms with E-state index in [1.807, 2.05) is 36.4 Å². The Morgan fingerprint density at radius 3 is 1.90 bits per heavy atom. The number of hydrogen-bond acceptors (Lipinski definition) is 4. The van der Waals surface area contributed by atoms with Gasteiger partial charge in [-0.15, -0.1) is 0 Å². The van der Waals surface area contributed by atoms with E-state index in [1.165, 1.54) is 37.7 Å². The summed E-state index contributed by atoms with van der Waals surface area (Å²) in [5.74, 6) is 4.39. The largest absolute Gasteiger partial charge is 0.208 e. The Labute approximate surface area is 299 Å². The van der Waals surface area contributed by atoms with Gasteiger partial charge in [0.15, 0.2) is 17.5 Å². The Morgan fingerprint density at radius 1 is 0.549 bits per heavy atom. The molecule has 0 spiro atoms. The summed E-state index contributed by atoms with van der Waals surface area (Å²) in [6.45, 7) is 4.90. The van der Waals surface area contributed by atoms with Gasteiger partial charge >= 0.3 is 0 Å². The van der Waals surface area contributed by atoms with Gasteiger partial charge in [-0.05, 0) is 112 Å². The minimum atomic E-state index is 0.282. The molecule has 2 aliphatic carbocycles. The molecule has 4 nitrogen and oxygen atoms in total. The van der Waals surface area contributed by atoms with Gasteiger partial charge in [0.05, 0.1) is 11.6 Å². The van der Waals surface area contributed by atoms with E-state index in [0.29, 0.717) is 23.0 Å². The summed E-state index contributed by atoms with van der Waals surface area (Å²) < 4.78 is 0. The van der Waals surface area contributed by atoms with Gasteiger partial charge in [0.1, 0.15) is 0 Å². The number of benzene rings is 6. The lowest BCUT2D eigenvalue weighted by molar-refractivity contribution is 0.0780. The van der Waals surface area contributed by atoms with E-state index in [4.69, 9.17) is 15.0 Å². The summed E-state index contributed by atoms with van der Waals surface area (Å²) in [6, 6.07) is 46.8. The minimum Gasteiger partial charge on any atom is -0.208 e. The van der Waals surface area contributed by atoms with Crippen molar-refractivity contribution in [2.24, 2.45) is 17.8 Å². The van der Waals surface area contributed by atoms with E-state index in [-0.39, 0.29) is 5.41 Å². The number of nitriles is 1. The molecule has 0 amide bonds. The summed E-state index contributed by atoms with van der Waals surface area (Å²) in [5.41, 5.74) is 7.55. The lowest BCUT2D eigenvalue weighted by Gasteiger charge is -2.50. The van der Waals surface area contributed by atoms with Crippen LogP contribution in [0.4, 0.5) is 0 Å². The zero-order chi connectivity index (χ0) is 34.5. The highest BCUT2D eigenvalue weighted by molar-refractivity contribution is 6.12. The van der Waals surface area contributed by atoms with Crippen molar-refractivity contribution in [3.8, 4) is 51.4 Å². The molecular weight excluding hydrogens is 621 g/mol. The number of nitrogens with zero attached hydrogens (tertiary/aromatic N) is 4. The summed E-state index contributed by atoms with van der Waals surface area (Å²) in [6.07, 6.45) is 6.64. The molecule has 1 aromatic heterocycles. The quantitative estimate of drug-likeness (QED) is 0.172. The molecule has 9 rings (SSSR count). The fraction of sp³-hybridized carbons (Fsp3) is 0.234. The fourth-order valence-corrected chi connectivity index (χ4v) is 9.62. The lowest BCUT2D eigenvalue weighted by Crippen LogP contribution is -2.42. The van der Waals surface area contributed by atoms with Crippen LogP contribution >= 0.6 is 0 Å². The van der Waals surface area contributed by atoms with Crippen LogP contribution in [0.1, 0.15) is 57.1 Å². The van der Waals surface area contributed by atoms with Crippen LogP contribution in [-0.4, -0.2) is 15.0 Å². The van der Waals surface area contributed by atoms with Gasteiger partial charge in [0, 0.05) is 16.7 Å². The Bertz CT molecular complexity index is 2440. The molecule has 2 fully saturated rings. The maximum atomic E-state index is 9.57. The van der Waals surface area contributed by atoms with Crippen molar-refractivity contribution >= 4 is 21.5 Å². The first-order valence-electron chi connectivity index (χ1n) is 18.3. The third-order valence-electron chi connectivity index (χ3n) is 11.5. The molecule has 0 radical (unpaired) electrons. The Balaban J connectivity index is 1.13. The highest BCUT2D eigenvalue weighted by Gasteiger charge is 2.45. The molecule has 0 N–H and O–H groups in total. The SMILES string of the molecule is C[C@@H]1CC2C[C@H](C)CC(c3ccc(-c4nc(-c5ccccc5)nc(-c5cccc(-c6cccc7c6ccc6ccc(C#N)cc67)c5)n4)cc3)(C2)C1. The second kappa shape index (κ2) is 12.6. The second-order valence-electron chi connectivity index (χ2n) is 15.3. The monoisotopic (exact) mass is 660 g/mol. The smallest absolute Gasteiger partial charge is 0.164 e. The molecule has 0 saturated heterocycles. The van der Waals surface area contributed by atoms with Crippen molar-refractivity contribution in [2.45, 2.75) is 51.4 Å². The molecule has 2 aliphatic rings. The molecule has 4 heteroatoms. The molecule has 51 heavy (non-hydrogen) atoms. The predicted molar refractivity (Wildman–Crippen MR) is 208 cm³/mol. The Morgan fingerprint density at radius 2 is 1.18 bits per heavy atom. The molecule has 2 saturated carbocycles. The van der Waals surface area contributed by atoms with Crippen molar-refractivity contribution in [3.63, 3.8) is 0 Å². The summed E-state index contributed by atoms with van der Waals surface area (Å²) >= 11 is 0. The van der Waals surface area contributed by atoms with Crippen molar-refractivity contribution < 1.29 is 0 Å². The van der Waals surface area contributed by atoms with Crippen molar-refractivity contribution in [2.75, 3.05) is 0 Å². The first-order valence-corrected chi connectivity index (χ1v) is 18.3. The maximum Gasteiger partial charge on any atom is 0.164 e. The molecule has 248 valence electrons. The summed E-state index contributed by atoms with van der Waals surface area (Å²) in [4.78, 5) is 15.2. The first-order chi connectivity index (χ1) is 24.9. The summed E-state index contributed by atoms with van der Waals surface area (Å²) in [7, 11) is 0. The second-order valence-corrected chi connectivity index (χ2v) is 15.3. The first kappa shape index (κ1) is 31.3. The van der Waals surface area contributed by atoms with Crippen LogP contribution in [-0.2, 0) is 5.41 Å². The Hall–Kier alpha value is -5.66. The lowest BCUT2D eigenvalue weighted by atomic mass is 9.54. The molecule has 0 aliphatic heterocycles. The van der Waals surface area contributed by atoms with Crippen LogP contribution < -0.4 is 0 Å². The van der Waals surface area contributed by atoms with E-state index in [9.17, 15) is 5.26 Å². The maximum absolute atomic E-state index is 9.57. The highest BCUT2D eigenvalue weighted by Crippen LogP contribution is 2.54. The van der Waals surface area contributed by atoms with E-state index in [1.54, 1.807) is 0 Å². The van der Waals surface area contributed by atoms with Crippen molar-refractivity contribution in [1.82, 2.24) is 15.0 Å². The van der Waals surface area contributed by atoms with Gasteiger partial charge in [0.25, 0.3) is 0 Å². The van der Waals surface area contributed by atoms with Gasteiger partial charge in [-0.1, -0.05) is 123 Å². The van der Waals surface area contributed by atoms with Crippen LogP contribution in [0.2, 0.25) is 0 Å². The number of rotatable bonds is 5. The summed E-state index contributed by atoms with van der Waals surface area (Å²) in [5, 5.41) is 14.1. The van der Waals surface area contributed by atoms with E-state index in [0.717, 1.165) is 67.1 Å². The van der Waals surface area contributed by atoms with Gasteiger partial charge in [-0.3, -0.25) is 0 Å². The molecular formula is C47H40N4. The molecule has 2 unspecified atom stereocenters. The average Bonchev–Trinajstić information content (AvgIpc) is 3.17. The van der Waals surface area contributed by atoms with Gasteiger partial charge in [0.2, 0.25) is 0 Å². The average molecular weight is 661 g/mol. The molecule has 7 aromatic rings.